The van der Waals surface area contributed by atoms with Crippen molar-refractivity contribution in [2.24, 2.45) is 7.05 Å². The van der Waals surface area contributed by atoms with Crippen LogP contribution in [-0.2, 0) is 7.05 Å². The van der Waals surface area contributed by atoms with E-state index in [1.807, 2.05) is 0 Å². The van der Waals surface area contributed by atoms with E-state index in [4.69, 9.17) is 17.3 Å². The predicted molar refractivity (Wildman–Crippen MR) is 123 cm³/mol. The number of nitrogens with two attached hydrogens (primary N) is 1. The number of hydrogen-bond donors (Lipinski definition) is 3. The lowest BCUT2D eigenvalue weighted by molar-refractivity contribution is 0.0912. The number of benzene rings is 2. The van der Waals surface area contributed by atoms with E-state index >= 15 is 0 Å². The maximum atomic E-state index is 14.9. The number of halogens is 2. The van der Waals surface area contributed by atoms with Gasteiger partial charge >= 0.3 is 0 Å². The number of nitrogen functional groups attached to an aromatic ring is 1. The van der Waals surface area contributed by atoms with Crippen LogP contribution in [0.4, 0.5) is 10.2 Å². The molecule has 0 radical (unpaired) electrons. The van der Waals surface area contributed by atoms with Crippen molar-refractivity contribution >= 4 is 23.3 Å². The van der Waals surface area contributed by atoms with E-state index in [2.05, 4.69) is 20.6 Å². The van der Waals surface area contributed by atoms with Gasteiger partial charge in [-0.15, -0.1) is 5.10 Å². The molecule has 168 valence electrons. The highest BCUT2D eigenvalue weighted by Gasteiger charge is 2.19. The normalized spacial score (nSPS) is 11.9. The van der Waals surface area contributed by atoms with Gasteiger partial charge in [-0.25, -0.2) is 14.1 Å². The number of nitrogens with one attached hydrogen (secondary N) is 1. The summed E-state index contributed by atoms with van der Waals surface area (Å²) in [5.74, 6) is -1.19. The Balaban J connectivity index is 1.61. The number of nitrogens with zero attached hydrogens (tertiary/aromatic N) is 4. The van der Waals surface area contributed by atoms with E-state index in [1.54, 1.807) is 60.5 Å². The molecule has 8 nitrogen and oxygen atoms in total. The van der Waals surface area contributed by atoms with E-state index < -0.39 is 17.8 Å². The Hall–Kier alpha value is -3.82. The number of rotatable bonds is 6. The van der Waals surface area contributed by atoms with E-state index in [0.717, 1.165) is 5.69 Å². The second kappa shape index (κ2) is 9.35. The van der Waals surface area contributed by atoms with Crippen molar-refractivity contribution in [3.05, 3.63) is 82.9 Å². The number of aromatic nitrogens is 4. The lowest BCUT2D eigenvalue weighted by Gasteiger charge is -2.17. The maximum Gasteiger partial charge on any atom is 0.254 e. The van der Waals surface area contributed by atoms with Crippen LogP contribution in [0.3, 0.4) is 0 Å². The van der Waals surface area contributed by atoms with Crippen LogP contribution < -0.4 is 11.1 Å². The first-order valence-corrected chi connectivity index (χ1v) is 10.3. The van der Waals surface area contributed by atoms with Gasteiger partial charge in [-0.3, -0.25) is 4.79 Å². The molecule has 0 saturated heterocycles. The summed E-state index contributed by atoms with van der Waals surface area (Å²) in [7, 11) is 1.74. The fraction of sp³-hybridized carbons (Fsp3) is 0.130. The van der Waals surface area contributed by atoms with E-state index in [-0.39, 0.29) is 18.0 Å². The Morgan fingerprint density at radius 1 is 1.21 bits per heavy atom. The lowest BCUT2D eigenvalue weighted by Crippen LogP contribution is -2.31. The monoisotopic (exact) mass is 466 g/mol. The lowest BCUT2D eigenvalue weighted by atomic mass is 10.0. The number of carbonyl (C=O) groups is 1. The van der Waals surface area contributed by atoms with Crippen LogP contribution in [0.5, 0.6) is 0 Å². The molecular formula is C23H20ClFN6O2. The fourth-order valence-electron chi connectivity index (χ4n) is 3.46. The van der Waals surface area contributed by atoms with Gasteiger partial charge in [-0.05, 0) is 41.5 Å². The van der Waals surface area contributed by atoms with Gasteiger partial charge in [-0.2, -0.15) is 0 Å². The number of anilines is 1. The summed E-state index contributed by atoms with van der Waals surface area (Å²) in [4.78, 5) is 16.9. The Morgan fingerprint density at radius 2 is 2.03 bits per heavy atom. The van der Waals surface area contributed by atoms with Crippen LogP contribution in [0.25, 0.3) is 22.4 Å². The number of pyridine rings is 1. The van der Waals surface area contributed by atoms with Gasteiger partial charge in [-0.1, -0.05) is 35.0 Å². The van der Waals surface area contributed by atoms with Gasteiger partial charge < -0.3 is 16.2 Å². The van der Waals surface area contributed by atoms with Gasteiger partial charge in [0.2, 0.25) is 0 Å². The number of carbonyl (C=O) groups excluding carboxylic acids is 1. The first-order chi connectivity index (χ1) is 15.9. The molecule has 0 saturated carbocycles. The average Bonchev–Trinajstić information content (AvgIpc) is 3.23. The molecule has 2 aromatic carbocycles. The van der Waals surface area contributed by atoms with E-state index in [9.17, 15) is 14.3 Å². The van der Waals surface area contributed by atoms with Gasteiger partial charge in [0.1, 0.15) is 11.6 Å². The van der Waals surface area contributed by atoms with Crippen LogP contribution in [0.15, 0.2) is 60.9 Å². The standard InChI is InChI=1S/C23H20ClFN6O2/c1-31-21(11-28-30-31)15-8-18(22(26)27-10-15)13-5-6-17(19(25)9-13)23(33)29-20(12-32)14-3-2-4-16(24)7-14/h2-11,20,32H,12H2,1H3,(H2,26,27)(H,29,33). The Bertz CT molecular complexity index is 1330. The Kier molecular flexibility index (Phi) is 6.34. The summed E-state index contributed by atoms with van der Waals surface area (Å²) in [6.07, 6.45) is 3.17. The minimum atomic E-state index is -0.737. The van der Waals surface area contributed by atoms with Crippen LogP contribution in [-0.4, -0.2) is 37.6 Å². The summed E-state index contributed by atoms with van der Waals surface area (Å²) in [6, 6.07) is 11.9. The van der Waals surface area contributed by atoms with Crippen molar-refractivity contribution in [1.82, 2.24) is 25.3 Å². The highest BCUT2D eigenvalue weighted by atomic mass is 35.5. The highest BCUT2D eigenvalue weighted by molar-refractivity contribution is 6.30. The molecule has 2 heterocycles. The summed E-state index contributed by atoms with van der Waals surface area (Å²) in [6.45, 7) is -0.371. The largest absolute Gasteiger partial charge is 0.394 e. The zero-order valence-electron chi connectivity index (χ0n) is 17.5. The van der Waals surface area contributed by atoms with Gasteiger partial charge in [0.15, 0.2) is 0 Å². The minimum Gasteiger partial charge on any atom is -0.394 e. The van der Waals surface area contributed by atoms with Gasteiger partial charge in [0.25, 0.3) is 5.91 Å². The summed E-state index contributed by atoms with van der Waals surface area (Å²) < 4.78 is 16.5. The van der Waals surface area contributed by atoms with Crippen molar-refractivity contribution < 1.29 is 14.3 Å². The van der Waals surface area contributed by atoms with Crippen LogP contribution in [0, 0.1) is 5.82 Å². The van der Waals surface area contributed by atoms with Crippen LogP contribution >= 0.6 is 11.6 Å². The number of aliphatic hydroxyl groups excluding tert-OH is 1. The fourth-order valence-corrected chi connectivity index (χ4v) is 3.66. The van der Waals surface area contributed by atoms with Crippen molar-refractivity contribution in [2.75, 3.05) is 12.3 Å². The van der Waals surface area contributed by atoms with E-state index in [1.165, 1.54) is 12.1 Å². The zero-order valence-corrected chi connectivity index (χ0v) is 18.3. The molecule has 33 heavy (non-hydrogen) atoms. The molecule has 0 aliphatic rings. The Labute approximate surface area is 193 Å². The molecule has 10 heteroatoms. The first kappa shape index (κ1) is 22.4. The third-order valence-electron chi connectivity index (χ3n) is 5.19. The number of aliphatic hydroxyl groups is 1. The molecule has 1 amide bonds. The molecule has 0 aliphatic heterocycles. The molecule has 0 aliphatic carbocycles. The van der Waals surface area contributed by atoms with Crippen LogP contribution in [0.1, 0.15) is 22.0 Å². The Morgan fingerprint density at radius 3 is 2.70 bits per heavy atom. The molecule has 4 N–H and O–H groups in total. The van der Waals surface area contributed by atoms with Crippen molar-refractivity contribution in [3.8, 4) is 22.4 Å². The second-order valence-electron chi connectivity index (χ2n) is 7.36. The highest BCUT2D eigenvalue weighted by Crippen LogP contribution is 2.30. The smallest absolute Gasteiger partial charge is 0.254 e. The molecule has 0 bridgehead atoms. The number of aryl methyl sites for hydroxylation is 1. The average molecular weight is 467 g/mol. The second-order valence-corrected chi connectivity index (χ2v) is 7.79. The topological polar surface area (TPSA) is 119 Å². The van der Waals surface area contributed by atoms with Crippen molar-refractivity contribution in [2.45, 2.75) is 6.04 Å². The maximum absolute atomic E-state index is 14.9. The summed E-state index contributed by atoms with van der Waals surface area (Å²) in [5, 5.41) is 20.5. The van der Waals surface area contributed by atoms with Crippen LogP contribution in [0.2, 0.25) is 5.02 Å². The summed E-state index contributed by atoms with van der Waals surface area (Å²) >= 11 is 5.99. The molecule has 2 aromatic heterocycles. The molecular weight excluding hydrogens is 447 g/mol. The van der Waals surface area contributed by atoms with Gasteiger partial charge in [0, 0.05) is 29.4 Å². The zero-order chi connectivity index (χ0) is 23.5. The van der Waals surface area contributed by atoms with Crippen molar-refractivity contribution in [3.63, 3.8) is 0 Å². The third-order valence-corrected chi connectivity index (χ3v) is 5.43. The number of hydrogen-bond acceptors (Lipinski definition) is 6. The predicted octanol–water partition coefficient (Wildman–Crippen LogP) is 3.38. The first-order valence-electron chi connectivity index (χ1n) is 9.95. The minimum absolute atomic E-state index is 0.169. The molecule has 1 unspecified atom stereocenters. The number of amides is 1. The molecule has 1 atom stereocenters. The SMILES string of the molecule is Cn1nncc1-c1cnc(N)c(-c2ccc(C(=O)NC(CO)c3cccc(Cl)c3)c(F)c2)c1. The van der Waals surface area contributed by atoms with Gasteiger partial charge in [0.05, 0.1) is 30.1 Å². The molecule has 0 fully saturated rings. The quantitative estimate of drug-likeness (QED) is 0.401. The molecule has 0 spiro atoms. The summed E-state index contributed by atoms with van der Waals surface area (Å²) in [5.41, 5.74) is 8.86. The molecule has 4 aromatic rings. The molecule has 4 rings (SSSR count). The van der Waals surface area contributed by atoms with E-state index in [0.29, 0.717) is 27.3 Å². The van der Waals surface area contributed by atoms with Crippen molar-refractivity contribution in [1.29, 1.82) is 0 Å². The third kappa shape index (κ3) is 4.69.